The summed E-state index contributed by atoms with van der Waals surface area (Å²) in [5.74, 6) is 0.844. The molecule has 158 valence electrons. The molecule has 0 aromatic heterocycles. The van der Waals surface area contributed by atoms with E-state index in [2.05, 4.69) is 78.6 Å². The van der Waals surface area contributed by atoms with Crippen molar-refractivity contribution in [3.05, 3.63) is 119 Å². The van der Waals surface area contributed by atoms with E-state index in [4.69, 9.17) is 4.74 Å². The predicted octanol–water partition coefficient (Wildman–Crippen LogP) is 7.46. The minimum Gasteiger partial charge on any atom is -0.497 e. The molecule has 0 N–H and O–H groups in total. The molecule has 0 amide bonds. The second kappa shape index (κ2) is 9.80. The Morgan fingerprint density at radius 2 is 1.19 bits per heavy atom. The zero-order chi connectivity index (χ0) is 22.3. The van der Waals surface area contributed by atoms with Crippen LogP contribution in [-0.2, 0) is 0 Å². The molecule has 0 heterocycles. The maximum Gasteiger partial charge on any atom is 0.150 e. The lowest BCUT2D eigenvalue weighted by Gasteiger charge is -2.25. The summed E-state index contributed by atoms with van der Waals surface area (Å²) < 4.78 is 5.30. The Kier molecular flexibility index (Phi) is 6.47. The van der Waals surface area contributed by atoms with Gasteiger partial charge in [-0.25, -0.2) is 0 Å². The number of nitrogens with zero attached hydrogens (tertiary/aromatic N) is 1. The van der Waals surface area contributed by atoms with Crippen molar-refractivity contribution < 1.29 is 9.53 Å². The first-order valence-corrected chi connectivity index (χ1v) is 10.5. The normalized spacial score (nSPS) is 10.8. The second-order valence-corrected chi connectivity index (χ2v) is 7.58. The van der Waals surface area contributed by atoms with Gasteiger partial charge < -0.3 is 9.64 Å². The fraction of sp³-hybridized carbons (Fsp3) is 0.0690. The molecular formula is C29H25NO2. The number of hydrogen-bond donors (Lipinski definition) is 0. The number of methoxy groups -OCH3 is 1. The lowest BCUT2D eigenvalue weighted by Crippen LogP contribution is -2.09. The molecule has 0 unspecified atom stereocenters. The quantitative estimate of drug-likeness (QED) is 0.230. The number of aldehydes is 1. The number of hydrogen-bond acceptors (Lipinski definition) is 3. The highest BCUT2D eigenvalue weighted by molar-refractivity contribution is 5.81. The Bertz CT molecular complexity index is 1210. The second-order valence-electron chi connectivity index (χ2n) is 7.58. The van der Waals surface area contributed by atoms with E-state index in [1.165, 1.54) is 5.56 Å². The minimum absolute atomic E-state index is 0.663. The maximum absolute atomic E-state index is 11.1. The summed E-state index contributed by atoms with van der Waals surface area (Å²) in [4.78, 5) is 13.3. The van der Waals surface area contributed by atoms with Crippen molar-refractivity contribution in [3.8, 4) is 5.75 Å². The van der Waals surface area contributed by atoms with Gasteiger partial charge in [0.2, 0.25) is 0 Å². The highest BCUT2D eigenvalue weighted by atomic mass is 16.5. The van der Waals surface area contributed by atoms with Crippen LogP contribution >= 0.6 is 0 Å². The zero-order valence-electron chi connectivity index (χ0n) is 18.2. The molecule has 0 aliphatic rings. The van der Waals surface area contributed by atoms with Crippen molar-refractivity contribution in [3.63, 3.8) is 0 Å². The minimum atomic E-state index is 0.663. The van der Waals surface area contributed by atoms with Gasteiger partial charge in [0.15, 0.2) is 0 Å². The van der Waals surface area contributed by atoms with Crippen LogP contribution in [0.3, 0.4) is 0 Å². The van der Waals surface area contributed by atoms with Crippen LogP contribution in [0.5, 0.6) is 5.75 Å². The van der Waals surface area contributed by atoms with Gasteiger partial charge in [0.05, 0.1) is 7.11 Å². The van der Waals surface area contributed by atoms with E-state index in [0.717, 1.165) is 40.2 Å². The predicted molar refractivity (Wildman–Crippen MR) is 133 cm³/mol. The third-order valence-corrected chi connectivity index (χ3v) is 5.29. The van der Waals surface area contributed by atoms with Gasteiger partial charge in [0.1, 0.15) is 12.0 Å². The summed E-state index contributed by atoms with van der Waals surface area (Å²) in [6.07, 6.45) is 5.03. The van der Waals surface area contributed by atoms with Gasteiger partial charge in [0.25, 0.3) is 0 Å². The molecule has 0 fully saturated rings. The molecule has 0 radical (unpaired) electrons. The van der Waals surface area contributed by atoms with E-state index in [0.29, 0.717) is 5.56 Å². The molecule has 0 aliphatic carbocycles. The van der Waals surface area contributed by atoms with Crippen LogP contribution in [0.1, 0.15) is 27.0 Å². The molecule has 3 heteroatoms. The highest BCUT2D eigenvalue weighted by Gasteiger charge is 2.12. The Hall–Kier alpha value is -4.11. The van der Waals surface area contributed by atoms with Crippen LogP contribution in [0.25, 0.3) is 12.2 Å². The summed E-state index contributed by atoms with van der Waals surface area (Å²) in [6.45, 7) is 2.08. The molecule has 0 spiro atoms. The van der Waals surface area contributed by atoms with Gasteiger partial charge in [-0.05, 0) is 78.7 Å². The number of carbonyl (C=O) groups excluding carboxylic acids is 1. The van der Waals surface area contributed by atoms with Crippen LogP contribution in [-0.4, -0.2) is 13.4 Å². The molecule has 0 saturated carbocycles. The van der Waals surface area contributed by atoms with Crippen LogP contribution in [0.4, 0.5) is 17.1 Å². The van der Waals surface area contributed by atoms with E-state index in [-0.39, 0.29) is 0 Å². The molecule has 0 bridgehead atoms. The van der Waals surface area contributed by atoms with Crippen molar-refractivity contribution in [1.82, 2.24) is 0 Å². The van der Waals surface area contributed by atoms with Crippen LogP contribution in [0, 0.1) is 6.92 Å². The fourth-order valence-corrected chi connectivity index (χ4v) is 3.52. The number of benzene rings is 4. The number of rotatable bonds is 7. The van der Waals surface area contributed by atoms with Gasteiger partial charge >= 0.3 is 0 Å². The van der Waals surface area contributed by atoms with E-state index in [9.17, 15) is 4.79 Å². The first-order valence-electron chi connectivity index (χ1n) is 10.5. The van der Waals surface area contributed by atoms with Gasteiger partial charge in [0, 0.05) is 22.6 Å². The molecule has 0 saturated heterocycles. The third-order valence-electron chi connectivity index (χ3n) is 5.29. The van der Waals surface area contributed by atoms with Crippen molar-refractivity contribution in [1.29, 1.82) is 0 Å². The fourth-order valence-electron chi connectivity index (χ4n) is 3.52. The topological polar surface area (TPSA) is 29.5 Å². The van der Waals surface area contributed by atoms with Gasteiger partial charge in [-0.15, -0.1) is 0 Å². The van der Waals surface area contributed by atoms with Crippen LogP contribution < -0.4 is 9.64 Å². The zero-order valence-corrected chi connectivity index (χ0v) is 18.2. The molecule has 4 rings (SSSR count). The Balaban J connectivity index is 1.64. The number of ether oxygens (including phenoxy) is 1. The Morgan fingerprint density at radius 3 is 1.75 bits per heavy atom. The number of carbonyl (C=O) groups is 1. The van der Waals surface area contributed by atoms with Crippen LogP contribution in [0.15, 0.2) is 97.1 Å². The van der Waals surface area contributed by atoms with E-state index < -0.39 is 0 Å². The van der Waals surface area contributed by atoms with Crippen molar-refractivity contribution in [2.24, 2.45) is 0 Å². The maximum atomic E-state index is 11.1. The summed E-state index contributed by atoms with van der Waals surface area (Å²) >= 11 is 0. The van der Waals surface area contributed by atoms with Gasteiger partial charge in [-0.3, -0.25) is 4.79 Å². The Morgan fingerprint density at radius 1 is 0.656 bits per heavy atom. The lowest BCUT2D eigenvalue weighted by molar-refractivity contribution is 0.112. The van der Waals surface area contributed by atoms with E-state index >= 15 is 0 Å². The average molecular weight is 420 g/mol. The summed E-state index contributed by atoms with van der Waals surface area (Å²) in [5.41, 5.74) is 7.18. The number of aryl methyl sites for hydroxylation is 1. The van der Waals surface area contributed by atoms with Gasteiger partial charge in [-0.1, -0.05) is 54.1 Å². The molecule has 4 aromatic rings. The van der Waals surface area contributed by atoms with Crippen molar-refractivity contribution >= 4 is 35.5 Å². The molecular weight excluding hydrogens is 394 g/mol. The summed E-state index contributed by atoms with van der Waals surface area (Å²) in [6, 6.07) is 32.5. The summed E-state index contributed by atoms with van der Waals surface area (Å²) in [7, 11) is 1.67. The SMILES string of the molecule is COc1cccc(C=Cc2ccc(N(c3ccc(C)cc3)c3ccc(C=O)cc3)cc2)c1. The van der Waals surface area contributed by atoms with Crippen LogP contribution in [0.2, 0.25) is 0 Å². The van der Waals surface area contributed by atoms with Gasteiger partial charge in [-0.2, -0.15) is 0 Å². The summed E-state index contributed by atoms with van der Waals surface area (Å²) in [5, 5.41) is 0. The smallest absolute Gasteiger partial charge is 0.150 e. The standard InChI is InChI=1S/C29H25NO2/c1-22-6-14-26(15-7-22)30(28-18-12-25(21-31)13-19-28)27-16-10-23(11-17-27)8-9-24-4-3-5-29(20-24)32-2/h3-21H,1-2H3. The lowest BCUT2D eigenvalue weighted by atomic mass is 10.1. The first kappa shape index (κ1) is 21.1. The monoisotopic (exact) mass is 419 g/mol. The highest BCUT2D eigenvalue weighted by Crippen LogP contribution is 2.34. The van der Waals surface area contributed by atoms with Crippen molar-refractivity contribution in [2.45, 2.75) is 6.92 Å². The van der Waals surface area contributed by atoms with Crippen molar-refractivity contribution in [2.75, 3.05) is 12.0 Å². The molecule has 32 heavy (non-hydrogen) atoms. The first-order chi connectivity index (χ1) is 15.7. The third kappa shape index (κ3) is 4.96. The Labute approximate surface area is 189 Å². The molecule has 0 atom stereocenters. The average Bonchev–Trinajstić information content (AvgIpc) is 2.85. The molecule has 0 aliphatic heterocycles. The molecule has 3 nitrogen and oxygen atoms in total. The molecule has 4 aromatic carbocycles. The largest absolute Gasteiger partial charge is 0.497 e. The number of anilines is 3. The van der Waals surface area contributed by atoms with E-state index in [1.54, 1.807) is 7.11 Å². The van der Waals surface area contributed by atoms with E-state index in [1.807, 2.05) is 42.5 Å².